The summed E-state index contributed by atoms with van der Waals surface area (Å²) in [6, 6.07) is 0. The average molecular weight is 132 g/mol. The fraction of sp³-hybridized carbons (Fsp3) is 0.250. The topological polar surface area (TPSA) is 38.7 Å². The molecule has 0 spiro atoms. The Bertz CT molecular complexity index is 141. The van der Waals surface area contributed by atoms with E-state index in [2.05, 4.69) is 15.0 Å². The van der Waals surface area contributed by atoms with Crippen LogP contribution in [0.5, 0.6) is 0 Å². The fourth-order valence-electron chi connectivity index (χ4n) is 0.297. The molecule has 0 aliphatic heterocycles. The first-order valence-electron chi connectivity index (χ1n) is 1.98. The molecule has 8 heavy (non-hydrogen) atoms. The summed E-state index contributed by atoms with van der Waals surface area (Å²) in [5.41, 5.74) is 0. The third kappa shape index (κ3) is 1.84. The van der Waals surface area contributed by atoms with Crippen molar-refractivity contribution in [3.05, 3.63) is 18.5 Å². The summed E-state index contributed by atoms with van der Waals surface area (Å²) in [6.45, 7) is 1.82. The van der Waals surface area contributed by atoms with Crippen LogP contribution in [0.4, 0.5) is 0 Å². The largest absolute Gasteiger partial charge is 0.225 e. The maximum atomic E-state index is 3.76. The molecule has 1 aromatic rings. The molecular formula is C4H6ClN3. The number of aromatic nitrogens is 3. The summed E-state index contributed by atoms with van der Waals surface area (Å²) in [5, 5.41) is 0. The number of hydrogen-bond donors (Lipinski definition) is 0. The number of rotatable bonds is 0. The van der Waals surface area contributed by atoms with Gasteiger partial charge in [-0.25, -0.2) is 15.0 Å². The van der Waals surface area contributed by atoms with E-state index >= 15 is 0 Å². The van der Waals surface area contributed by atoms with Gasteiger partial charge in [-0.05, 0) is 6.92 Å². The summed E-state index contributed by atoms with van der Waals surface area (Å²) in [6.07, 6.45) is 2.95. The first-order chi connectivity index (χ1) is 3.39. The normalized spacial score (nSPS) is 7.62. The van der Waals surface area contributed by atoms with E-state index in [-0.39, 0.29) is 12.4 Å². The molecule has 3 nitrogen and oxygen atoms in total. The van der Waals surface area contributed by atoms with E-state index in [0.717, 1.165) is 5.82 Å². The molecule has 0 N–H and O–H groups in total. The molecule has 0 fully saturated rings. The second-order valence-electron chi connectivity index (χ2n) is 1.19. The molecule has 0 unspecified atom stereocenters. The molecule has 1 aromatic heterocycles. The third-order valence-corrected chi connectivity index (χ3v) is 0.622. The van der Waals surface area contributed by atoms with Gasteiger partial charge in [0.15, 0.2) is 0 Å². The first-order valence-corrected chi connectivity index (χ1v) is 1.98. The van der Waals surface area contributed by atoms with Crippen LogP contribution in [0.3, 0.4) is 0 Å². The van der Waals surface area contributed by atoms with Crippen LogP contribution >= 0.6 is 12.4 Å². The van der Waals surface area contributed by atoms with Crippen molar-refractivity contribution in [2.24, 2.45) is 0 Å². The summed E-state index contributed by atoms with van der Waals surface area (Å²) in [7, 11) is 0. The molecule has 0 amide bonds. The molecule has 0 aliphatic carbocycles. The van der Waals surface area contributed by atoms with Crippen molar-refractivity contribution in [3.8, 4) is 0 Å². The van der Waals surface area contributed by atoms with Crippen molar-refractivity contribution in [1.82, 2.24) is 15.0 Å². The third-order valence-electron chi connectivity index (χ3n) is 0.622. The zero-order valence-electron chi connectivity index (χ0n) is 4.40. The maximum Gasteiger partial charge on any atom is 0.128 e. The highest BCUT2D eigenvalue weighted by Gasteiger charge is 1.75. The van der Waals surface area contributed by atoms with Crippen LogP contribution in [0.1, 0.15) is 5.82 Å². The number of aryl methyl sites for hydroxylation is 1. The summed E-state index contributed by atoms with van der Waals surface area (Å²) >= 11 is 0. The van der Waals surface area contributed by atoms with Crippen molar-refractivity contribution >= 4 is 12.4 Å². The number of hydrogen-bond acceptors (Lipinski definition) is 3. The van der Waals surface area contributed by atoms with E-state index in [1.807, 2.05) is 6.92 Å². The molecule has 0 bridgehead atoms. The highest BCUT2D eigenvalue weighted by Crippen LogP contribution is 1.74. The van der Waals surface area contributed by atoms with Crippen LogP contribution in [0.2, 0.25) is 0 Å². The van der Waals surface area contributed by atoms with Crippen molar-refractivity contribution in [2.75, 3.05) is 0 Å². The fourth-order valence-corrected chi connectivity index (χ4v) is 0.297. The van der Waals surface area contributed by atoms with Gasteiger partial charge in [0, 0.05) is 0 Å². The molecule has 1 heterocycles. The second kappa shape index (κ2) is 3.32. The lowest BCUT2D eigenvalue weighted by atomic mass is 10.7. The summed E-state index contributed by atoms with van der Waals surface area (Å²) in [4.78, 5) is 11.1. The second-order valence-corrected chi connectivity index (χ2v) is 1.19. The van der Waals surface area contributed by atoms with Crippen molar-refractivity contribution in [1.29, 1.82) is 0 Å². The SMILES string of the molecule is Cc1ncncn1.Cl. The van der Waals surface area contributed by atoms with Crippen LogP contribution < -0.4 is 0 Å². The van der Waals surface area contributed by atoms with E-state index < -0.39 is 0 Å². The van der Waals surface area contributed by atoms with Gasteiger partial charge in [0.1, 0.15) is 18.5 Å². The minimum atomic E-state index is 0. The van der Waals surface area contributed by atoms with Crippen molar-refractivity contribution in [2.45, 2.75) is 6.92 Å². The standard InChI is InChI=1S/C4H5N3.ClH/c1-4-6-2-5-3-7-4;/h2-3H,1H3;1H. The average Bonchev–Trinajstić information content (AvgIpc) is 1.69. The summed E-state index contributed by atoms with van der Waals surface area (Å²) < 4.78 is 0. The highest BCUT2D eigenvalue weighted by atomic mass is 35.5. The Kier molecular flexibility index (Phi) is 3.03. The molecule has 0 aliphatic rings. The number of nitrogens with zero attached hydrogens (tertiary/aromatic N) is 3. The van der Waals surface area contributed by atoms with Gasteiger partial charge in [-0.1, -0.05) is 0 Å². The van der Waals surface area contributed by atoms with Gasteiger partial charge < -0.3 is 0 Å². The van der Waals surface area contributed by atoms with Crippen LogP contribution in [0, 0.1) is 6.92 Å². The minimum absolute atomic E-state index is 0. The minimum Gasteiger partial charge on any atom is -0.225 e. The van der Waals surface area contributed by atoms with E-state index in [1.165, 1.54) is 12.7 Å². The Hall–Kier alpha value is -0.700. The number of halogens is 1. The van der Waals surface area contributed by atoms with E-state index in [0.29, 0.717) is 0 Å². The van der Waals surface area contributed by atoms with Crippen LogP contribution in [0.25, 0.3) is 0 Å². The van der Waals surface area contributed by atoms with Crippen LogP contribution in [-0.4, -0.2) is 15.0 Å². The molecule has 0 saturated carbocycles. The molecule has 0 saturated heterocycles. The lowest BCUT2D eigenvalue weighted by molar-refractivity contribution is 0.974. The Balaban J connectivity index is 0.000000490. The predicted molar refractivity (Wildman–Crippen MR) is 31.8 cm³/mol. The van der Waals surface area contributed by atoms with Gasteiger partial charge in [-0.2, -0.15) is 0 Å². The van der Waals surface area contributed by atoms with Gasteiger partial charge in [0.2, 0.25) is 0 Å². The smallest absolute Gasteiger partial charge is 0.128 e. The molecule has 44 valence electrons. The van der Waals surface area contributed by atoms with Gasteiger partial charge in [0.25, 0.3) is 0 Å². The predicted octanol–water partition coefficient (Wildman–Crippen LogP) is 0.602. The van der Waals surface area contributed by atoms with Crippen LogP contribution in [0.15, 0.2) is 12.7 Å². The Morgan fingerprint density at radius 1 is 1.25 bits per heavy atom. The maximum absolute atomic E-state index is 3.76. The zero-order valence-corrected chi connectivity index (χ0v) is 5.22. The lowest BCUT2D eigenvalue weighted by Crippen LogP contribution is -1.84. The van der Waals surface area contributed by atoms with E-state index in [1.54, 1.807) is 0 Å². The first kappa shape index (κ1) is 7.30. The van der Waals surface area contributed by atoms with Gasteiger partial charge in [-0.3, -0.25) is 0 Å². The highest BCUT2D eigenvalue weighted by molar-refractivity contribution is 5.85. The Morgan fingerprint density at radius 3 is 2.00 bits per heavy atom. The van der Waals surface area contributed by atoms with Gasteiger partial charge in [-0.15, -0.1) is 12.4 Å². The summed E-state index contributed by atoms with van der Waals surface area (Å²) in [5.74, 6) is 0.759. The zero-order chi connectivity index (χ0) is 5.11. The molecular weight excluding hydrogens is 126 g/mol. The van der Waals surface area contributed by atoms with Gasteiger partial charge in [0.05, 0.1) is 0 Å². The Morgan fingerprint density at radius 2 is 1.75 bits per heavy atom. The molecule has 4 heteroatoms. The monoisotopic (exact) mass is 131 g/mol. The van der Waals surface area contributed by atoms with Crippen molar-refractivity contribution in [3.63, 3.8) is 0 Å². The molecule has 0 aromatic carbocycles. The molecule has 0 radical (unpaired) electrons. The quantitative estimate of drug-likeness (QED) is 0.518. The van der Waals surface area contributed by atoms with E-state index in [9.17, 15) is 0 Å². The lowest BCUT2D eigenvalue weighted by Gasteiger charge is -1.80. The van der Waals surface area contributed by atoms with Gasteiger partial charge >= 0.3 is 0 Å². The van der Waals surface area contributed by atoms with E-state index in [4.69, 9.17) is 0 Å². The van der Waals surface area contributed by atoms with Crippen molar-refractivity contribution < 1.29 is 0 Å². The molecule has 0 atom stereocenters. The van der Waals surface area contributed by atoms with Crippen LogP contribution in [-0.2, 0) is 0 Å². The molecule has 1 rings (SSSR count). The Labute approximate surface area is 53.6 Å².